The van der Waals surface area contributed by atoms with Crippen LogP contribution in [0.5, 0.6) is 5.75 Å². The van der Waals surface area contributed by atoms with Crippen LogP contribution < -0.4 is 4.74 Å². The van der Waals surface area contributed by atoms with Crippen LogP contribution in [0.25, 0.3) is 11.4 Å². The van der Waals surface area contributed by atoms with E-state index in [9.17, 15) is 8.42 Å². The third kappa shape index (κ3) is 4.63. The minimum Gasteiger partial charge on any atom is -0.497 e. The molecule has 3 aromatic rings. The number of sulfonamides is 1. The second-order valence-electron chi connectivity index (χ2n) is 7.69. The van der Waals surface area contributed by atoms with Crippen molar-refractivity contribution < 1.29 is 17.7 Å². The number of ether oxygens (including phenoxy) is 1. The van der Waals surface area contributed by atoms with Crippen molar-refractivity contribution >= 4 is 10.0 Å². The second kappa shape index (κ2) is 8.78. The zero-order chi connectivity index (χ0) is 22.0. The minimum atomic E-state index is -3.51. The van der Waals surface area contributed by atoms with Crippen LogP contribution in [0.4, 0.5) is 0 Å². The Balaban J connectivity index is 1.40. The summed E-state index contributed by atoms with van der Waals surface area (Å²) in [7, 11) is -1.89. The molecule has 0 atom stereocenters. The fourth-order valence-electron chi connectivity index (χ4n) is 3.64. The molecular weight excluding hydrogens is 416 g/mol. The lowest BCUT2D eigenvalue weighted by Gasteiger charge is -2.33. The molecule has 0 aliphatic carbocycles. The van der Waals surface area contributed by atoms with Crippen LogP contribution in [0.3, 0.4) is 0 Å². The van der Waals surface area contributed by atoms with Gasteiger partial charge in [0.05, 0.1) is 18.6 Å². The van der Waals surface area contributed by atoms with E-state index >= 15 is 0 Å². The number of methoxy groups -OCH3 is 1. The molecule has 0 unspecified atom stereocenters. The largest absolute Gasteiger partial charge is 0.497 e. The van der Waals surface area contributed by atoms with E-state index < -0.39 is 10.0 Å². The molecule has 8 nitrogen and oxygen atoms in total. The van der Waals surface area contributed by atoms with E-state index in [0.717, 1.165) is 22.4 Å². The molecule has 0 bridgehead atoms. The Bertz CT molecular complexity index is 1170. The summed E-state index contributed by atoms with van der Waals surface area (Å²) in [6.45, 7) is 6.26. The molecule has 1 fully saturated rings. The highest BCUT2D eigenvalue weighted by Crippen LogP contribution is 2.24. The van der Waals surface area contributed by atoms with Gasteiger partial charge in [-0.3, -0.25) is 4.90 Å². The summed E-state index contributed by atoms with van der Waals surface area (Å²) in [5, 5.41) is 4.06. The van der Waals surface area contributed by atoms with Crippen LogP contribution in [-0.2, 0) is 16.6 Å². The van der Waals surface area contributed by atoms with Crippen molar-refractivity contribution in [2.45, 2.75) is 25.3 Å². The maximum absolute atomic E-state index is 13.1. The van der Waals surface area contributed by atoms with Gasteiger partial charge in [-0.1, -0.05) is 29.4 Å². The lowest BCUT2D eigenvalue weighted by molar-refractivity contribution is 0.163. The molecule has 0 radical (unpaired) electrons. The number of benzene rings is 2. The summed E-state index contributed by atoms with van der Waals surface area (Å²) in [4.78, 5) is 6.99. The number of nitrogens with zero attached hydrogens (tertiary/aromatic N) is 4. The quantitative estimate of drug-likeness (QED) is 0.580. The molecule has 164 valence electrons. The highest BCUT2D eigenvalue weighted by atomic mass is 32.2. The first-order valence-electron chi connectivity index (χ1n) is 10.1. The van der Waals surface area contributed by atoms with E-state index in [-0.39, 0.29) is 0 Å². The molecule has 0 saturated carbocycles. The Morgan fingerprint density at radius 2 is 1.84 bits per heavy atom. The molecule has 0 spiro atoms. The first-order valence-corrected chi connectivity index (χ1v) is 11.6. The normalized spacial score (nSPS) is 15.8. The molecular formula is C22H26N4O4S. The summed E-state index contributed by atoms with van der Waals surface area (Å²) in [6.07, 6.45) is 0. The van der Waals surface area contributed by atoms with Gasteiger partial charge in [-0.25, -0.2) is 8.42 Å². The summed E-state index contributed by atoms with van der Waals surface area (Å²) < 4.78 is 38.4. The molecule has 31 heavy (non-hydrogen) atoms. The van der Waals surface area contributed by atoms with Crippen LogP contribution in [0.15, 0.2) is 51.9 Å². The van der Waals surface area contributed by atoms with Gasteiger partial charge in [-0.2, -0.15) is 9.29 Å². The fraction of sp³-hybridized carbons (Fsp3) is 0.364. The van der Waals surface area contributed by atoms with Gasteiger partial charge in [0, 0.05) is 31.7 Å². The number of hydrogen-bond donors (Lipinski definition) is 0. The summed E-state index contributed by atoms with van der Waals surface area (Å²) in [6, 6.07) is 13.0. The highest BCUT2D eigenvalue weighted by molar-refractivity contribution is 7.89. The molecule has 1 aromatic heterocycles. The van der Waals surface area contributed by atoms with Crippen molar-refractivity contribution in [3.63, 3.8) is 0 Å². The zero-order valence-electron chi connectivity index (χ0n) is 17.9. The molecule has 1 aliphatic heterocycles. The predicted molar refractivity (Wildman–Crippen MR) is 116 cm³/mol. The van der Waals surface area contributed by atoms with E-state index in [1.807, 2.05) is 50.2 Å². The second-order valence-corrected chi connectivity index (χ2v) is 9.60. The first kappa shape index (κ1) is 21.5. The van der Waals surface area contributed by atoms with Gasteiger partial charge in [0.1, 0.15) is 5.75 Å². The van der Waals surface area contributed by atoms with Crippen molar-refractivity contribution in [2.75, 3.05) is 33.3 Å². The molecule has 2 heterocycles. The fourth-order valence-corrected chi connectivity index (χ4v) is 5.37. The van der Waals surface area contributed by atoms with Crippen LogP contribution in [0.1, 0.15) is 17.0 Å². The Hall–Kier alpha value is -2.75. The smallest absolute Gasteiger partial charge is 0.243 e. The van der Waals surface area contributed by atoms with E-state index in [0.29, 0.717) is 49.3 Å². The van der Waals surface area contributed by atoms with Gasteiger partial charge in [-0.15, -0.1) is 0 Å². The lowest BCUT2D eigenvalue weighted by Crippen LogP contribution is -2.48. The van der Waals surface area contributed by atoms with Crippen molar-refractivity contribution in [3.05, 3.63) is 59.5 Å². The summed E-state index contributed by atoms with van der Waals surface area (Å²) >= 11 is 0. The Morgan fingerprint density at radius 3 is 2.58 bits per heavy atom. The van der Waals surface area contributed by atoms with Gasteiger partial charge < -0.3 is 9.26 Å². The highest BCUT2D eigenvalue weighted by Gasteiger charge is 2.30. The van der Waals surface area contributed by atoms with Crippen LogP contribution in [0.2, 0.25) is 0 Å². The minimum absolute atomic E-state index is 0.390. The van der Waals surface area contributed by atoms with Crippen molar-refractivity contribution in [1.82, 2.24) is 19.3 Å². The average Bonchev–Trinajstić information content (AvgIpc) is 3.24. The van der Waals surface area contributed by atoms with Gasteiger partial charge in [0.25, 0.3) is 0 Å². The Morgan fingerprint density at radius 1 is 1.06 bits per heavy atom. The molecule has 1 aliphatic rings. The van der Waals surface area contributed by atoms with Crippen LogP contribution >= 0.6 is 0 Å². The molecule has 0 amide bonds. The molecule has 0 N–H and O–H groups in total. The van der Waals surface area contributed by atoms with Crippen LogP contribution in [0, 0.1) is 13.8 Å². The molecule has 9 heteroatoms. The topological polar surface area (TPSA) is 88.8 Å². The Kier molecular flexibility index (Phi) is 6.08. The van der Waals surface area contributed by atoms with Gasteiger partial charge in [0.2, 0.25) is 21.7 Å². The van der Waals surface area contributed by atoms with E-state index in [4.69, 9.17) is 9.26 Å². The molecule has 4 rings (SSSR count). The third-order valence-corrected chi connectivity index (χ3v) is 7.49. The van der Waals surface area contributed by atoms with Gasteiger partial charge in [0.15, 0.2) is 0 Å². The lowest BCUT2D eigenvalue weighted by atomic mass is 10.2. The number of piperazine rings is 1. The zero-order valence-corrected chi connectivity index (χ0v) is 18.7. The molecule has 1 saturated heterocycles. The maximum atomic E-state index is 13.1. The maximum Gasteiger partial charge on any atom is 0.243 e. The third-order valence-electron chi connectivity index (χ3n) is 5.45. The SMILES string of the molecule is COc1cccc(-c2noc(CN3CCN(S(=O)(=O)c4cc(C)ccc4C)CC3)n2)c1. The van der Waals surface area contributed by atoms with Crippen molar-refractivity contribution in [3.8, 4) is 17.1 Å². The number of hydrogen-bond acceptors (Lipinski definition) is 7. The van der Waals surface area contributed by atoms with Crippen molar-refractivity contribution in [1.29, 1.82) is 0 Å². The van der Waals surface area contributed by atoms with Crippen LogP contribution in [-0.4, -0.2) is 61.1 Å². The van der Waals surface area contributed by atoms with E-state index in [1.54, 1.807) is 17.5 Å². The molecule has 2 aromatic carbocycles. The number of aromatic nitrogens is 2. The number of aryl methyl sites for hydroxylation is 2. The standard InChI is InChI=1S/C22H26N4O4S/c1-16-7-8-17(2)20(13-16)31(27,28)26-11-9-25(10-12-26)15-21-23-22(24-30-21)18-5-4-6-19(14-18)29-3/h4-8,13-14H,9-12,15H2,1-3H3. The van der Waals surface area contributed by atoms with Gasteiger partial charge >= 0.3 is 0 Å². The monoisotopic (exact) mass is 442 g/mol. The van der Waals surface area contributed by atoms with Crippen molar-refractivity contribution in [2.24, 2.45) is 0 Å². The first-order chi connectivity index (χ1) is 14.9. The predicted octanol–water partition coefficient (Wildman–Crippen LogP) is 2.87. The van der Waals surface area contributed by atoms with Gasteiger partial charge in [-0.05, 0) is 43.2 Å². The number of rotatable bonds is 6. The summed E-state index contributed by atoms with van der Waals surface area (Å²) in [5.74, 6) is 1.73. The summed E-state index contributed by atoms with van der Waals surface area (Å²) in [5.41, 5.74) is 2.52. The average molecular weight is 443 g/mol. The van der Waals surface area contributed by atoms with E-state index in [2.05, 4.69) is 15.0 Å². The Labute approximate surface area is 182 Å². The van der Waals surface area contributed by atoms with E-state index in [1.165, 1.54) is 0 Å².